The third-order valence-electron chi connectivity index (χ3n) is 5.30. The van der Waals surface area contributed by atoms with Crippen LogP contribution in [0.2, 0.25) is 0 Å². The first kappa shape index (κ1) is 20.0. The van der Waals surface area contributed by atoms with Crippen LogP contribution in [0.1, 0.15) is 32.6 Å². The molecule has 0 unspecified atom stereocenters. The Morgan fingerprint density at radius 1 is 1.07 bits per heavy atom. The molecule has 7 heteroatoms. The molecule has 1 fully saturated rings. The van der Waals surface area contributed by atoms with E-state index in [1.807, 2.05) is 17.9 Å². The lowest BCUT2D eigenvalue weighted by molar-refractivity contribution is -0.130. The Bertz CT molecular complexity index is 769. The van der Waals surface area contributed by atoms with Gasteiger partial charge in [-0.25, -0.2) is 8.42 Å². The van der Waals surface area contributed by atoms with Gasteiger partial charge >= 0.3 is 0 Å². The Morgan fingerprint density at radius 2 is 1.78 bits per heavy atom. The zero-order valence-corrected chi connectivity index (χ0v) is 16.8. The third kappa shape index (κ3) is 4.78. The van der Waals surface area contributed by atoms with Gasteiger partial charge in [0.05, 0.1) is 11.4 Å². The smallest absolute Gasteiger partial charge is 0.243 e. The van der Waals surface area contributed by atoms with E-state index in [1.165, 1.54) is 10.7 Å². The number of carbonyl (C=O) groups is 1. The largest absolute Gasteiger partial charge is 0.316 e. The van der Waals surface area contributed by atoms with E-state index in [2.05, 4.69) is 11.0 Å². The zero-order chi connectivity index (χ0) is 19.3. The van der Waals surface area contributed by atoms with E-state index in [-0.39, 0.29) is 5.91 Å². The monoisotopic (exact) mass is 391 g/mol. The first-order valence-electron chi connectivity index (χ1n) is 9.79. The van der Waals surface area contributed by atoms with Crippen molar-refractivity contribution in [2.75, 3.05) is 39.3 Å². The van der Waals surface area contributed by atoms with Gasteiger partial charge in [-0.15, -0.1) is 0 Å². The third-order valence-corrected chi connectivity index (χ3v) is 7.21. The molecule has 6 nitrogen and oxygen atoms in total. The lowest BCUT2D eigenvalue weighted by Gasteiger charge is -2.35. The first-order chi connectivity index (χ1) is 13.0. The molecule has 1 aromatic carbocycles. The standard InChI is InChI=1S/C20H29N3O3S/c1-2-23(18-9-5-3-6-10-18)20(24)17-21-13-15-22(16-14-21)27(25,26)19-11-7-4-8-12-19/h4,7-9,11-12H,2-3,5-6,10,13-17H2,1H3. The molecule has 0 radical (unpaired) electrons. The number of amides is 1. The number of likely N-dealkylation sites (N-methyl/N-ethyl adjacent to an activating group) is 1. The summed E-state index contributed by atoms with van der Waals surface area (Å²) in [4.78, 5) is 17.0. The fraction of sp³-hybridized carbons (Fsp3) is 0.550. The molecule has 0 N–H and O–H groups in total. The van der Waals surface area contributed by atoms with Gasteiger partial charge < -0.3 is 4.90 Å². The van der Waals surface area contributed by atoms with E-state index in [1.54, 1.807) is 24.3 Å². The molecule has 1 aromatic rings. The molecule has 1 saturated heterocycles. The molecule has 1 aliphatic carbocycles. The summed E-state index contributed by atoms with van der Waals surface area (Å²) in [5.41, 5.74) is 1.15. The summed E-state index contributed by atoms with van der Waals surface area (Å²) in [6.45, 7) is 5.04. The van der Waals surface area contributed by atoms with E-state index < -0.39 is 10.0 Å². The summed E-state index contributed by atoms with van der Waals surface area (Å²) in [6, 6.07) is 8.54. The average molecular weight is 392 g/mol. The number of allylic oxidation sites excluding steroid dienone is 2. The normalized spacial score (nSPS) is 19.5. The van der Waals surface area contributed by atoms with Crippen molar-refractivity contribution < 1.29 is 13.2 Å². The van der Waals surface area contributed by atoms with Crippen molar-refractivity contribution in [3.05, 3.63) is 42.1 Å². The zero-order valence-electron chi connectivity index (χ0n) is 16.0. The topological polar surface area (TPSA) is 60.9 Å². The predicted molar refractivity (Wildman–Crippen MR) is 106 cm³/mol. The van der Waals surface area contributed by atoms with Crippen LogP contribution in [-0.4, -0.2) is 67.7 Å². The van der Waals surface area contributed by atoms with Crippen LogP contribution in [0, 0.1) is 0 Å². The fourth-order valence-corrected chi connectivity index (χ4v) is 5.20. The quantitative estimate of drug-likeness (QED) is 0.747. The predicted octanol–water partition coefficient (Wildman–Crippen LogP) is 2.30. The van der Waals surface area contributed by atoms with Crippen molar-refractivity contribution in [1.29, 1.82) is 0 Å². The maximum absolute atomic E-state index is 12.8. The number of sulfonamides is 1. The second-order valence-electron chi connectivity index (χ2n) is 7.07. The number of benzene rings is 1. The first-order valence-corrected chi connectivity index (χ1v) is 11.2. The molecule has 3 rings (SSSR count). The van der Waals surface area contributed by atoms with Gasteiger partial charge in [-0.1, -0.05) is 24.3 Å². The number of piperazine rings is 1. The lowest BCUT2D eigenvalue weighted by atomic mass is 10.0. The highest BCUT2D eigenvalue weighted by Crippen LogP contribution is 2.22. The van der Waals surface area contributed by atoms with E-state index in [9.17, 15) is 13.2 Å². The highest BCUT2D eigenvalue weighted by molar-refractivity contribution is 7.89. The molecule has 0 saturated carbocycles. The second-order valence-corrected chi connectivity index (χ2v) is 9.01. The number of nitrogens with zero attached hydrogens (tertiary/aromatic N) is 3. The van der Waals surface area contributed by atoms with Crippen LogP contribution in [0.3, 0.4) is 0 Å². The molecule has 27 heavy (non-hydrogen) atoms. The van der Waals surface area contributed by atoms with E-state index in [0.717, 1.165) is 25.0 Å². The van der Waals surface area contributed by atoms with Crippen LogP contribution in [0.15, 0.2) is 47.0 Å². The fourth-order valence-electron chi connectivity index (χ4n) is 3.75. The summed E-state index contributed by atoms with van der Waals surface area (Å²) in [5.74, 6) is 0.116. The minimum Gasteiger partial charge on any atom is -0.316 e. The number of hydrogen-bond donors (Lipinski definition) is 0. The summed E-state index contributed by atoms with van der Waals surface area (Å²) in [7, 11) is -3.45. The van der Waals surface area contributed by atoms with Crippen molar-refractivity contribution in [2.45, 2.75) is 37.5 Å². The molecule has 0 spiro atoms. The molecule has 0 atom stereocenters. The summed E-state index contributed by atoms with van der Waals surface area (Å²) < 4.78 is 26.9. The number of carbonyl (C=O) groups excluding carboxylic acids is 1. The summed E-state index contributed by atoms with van der Waals surface area (Å²) >= 11 is 0. The minimum atomic E-state index is -3.45. The van der Waals surface area contributed by atoms with Crippen molar-refractivity contribution >= 4 is 15.9 Å². The van der Waals surface area contributed by atoms with Gasteiger partial charge in [-0.3, -0.25) is 9.69 Å². The molecule has 2 aliphatic rings. The highest BCUT2D eigenvalue weighted by Gasteiger charge is 2.29. The molecule has 1 amide bonds. The van der Waals surface area contributed by atoms with Gasteiger partial charge in [-0.05, 0) is 44.7 Å². The van der Waals surface area contributed by atoms with E-state index in [0.29, 0.717) is 44.2 Å². The Balaban J connectivity index is 1.56. The summed E-state index contributed by atoms with van der Waals surface area (Å²) in [5, 5.41) is 0. The van der Waals surface area contributed by atoms with Gasteiger partial charge in [0.15, 0.2) is 0 Å². The number of rotatable bonds is 6. The second kappa shape index (κ2) is 8.99. The molecular formula is C20H29N3O3S. The van der Waals surface area contributed by atoms with Gasteiger partial charge in [0, 0.05) is 38.4 Å². The lowest BCUT2D eigenvalue weighted by Crippen LogP contribution is -2.51. The SMILES string of the molecule is CCN(C(=O)CN1CCN(S(=O)(=O)c2ccccc2)CC1)C1=CCCCC1. The maximum Gasteiger partial charge on any atom is 0.243 e. The van der Waals surface area contributed by atoms with Gasteiger partial charge in [0.1, 0.15) is 0 Å². The number of hydrogen-bond acceptors (Lipinski definition) is 4. The van der Waals surface area contributed by atoms with Crippen molar-refractivity contribution in [3.8, 4) is 0 Å². The van der Waals surface area contributed by atoms with E-state index in [4.69, 9.17) is 0 Å². The highest BCUT2D eigenvalue weighted by atomic mass is 32.2. The van der Waals surface area contributed by atoms with Gasteiger partial charge in [0.25, 0.3) is 0 Å². The molecule has 1 aliphatic heterocycles. The summed E-state index contributed by atoms with van der Waals surface area (Å²) in [6.07, 6.45) is 6.56. The average Bonchev–Trinajstić information content (AvgIpc) is 2.70. The van der Waals surface area contributed by atoms with Crippen LogP contribution in [0.4, 0.5) is 0 Å². The Hall–Kier alpha value is -1.70. The molecular weight excluding hydrogens is 362 g/mol. The molecule has 148 valence electrons. The molecule has 0 bridgehead atoms. The van der Waals surface area contributed by atoms with Gasteiger partial charge in [0.2, 0.25) is 15.9 Å². The van der Waals surface area contributed by atoms with Crippen LogP contribution in [0.25, 0.3) is 0 Å². The Morgan fingerprint density at radius 3 is 2.37 bits per heavy atom. The van der Waals surface area contributed by atoms with Crippen molar-refractivity contribution in [1.82, 2.24) is 14.1 Å². The maximum atomic E-state index is 12.8. The Labute approximate surface area is 162 Å². The van der Waals surface area contributed by atoms with Crippen LogP contribution in [0.5, 0.6) is 0 Å². The van der Waals surface area contributed by atoms with Gasteiger partial charge in [-0.2, -0.15) is 4.31 Å². The minimum absolute atomic E-state index is 0.116. The Kier molecular flexibility index (Phi) is 6.68. The van der Waals surface area contributed by atoms with Crippen LogP contribution in [-0.2, 0) is 14.8 Å². The van der Waals surface area contributed by atoms with Crippen molar-refractivity contribution in [2.24, 2.45) is 0 Å². The molecule has 1 heterocycles. The van der Waals surface area contributed by atoms with Crippen LogP contribution < -0.4 is 0 Å². The van der Waals surface area contributed by atoms with Crippen molar-refractivity contribution in [3.63, 3.8) is 0 Å². The molecule has 0 aromatic heterocycles. The van der Waals surface area contributed by atoms with E-state index >= 15 is 0 Å². The van der Waals surface area contributed by atoms with Crippen LogP contribution >= 0.6 is 0 Å².